The molecule has 0 unspecified atom stereocenters. The number of anilines is 1. The van der Waals surface area contributed by atoms with Crippen molar-refractivity contribution >= 4 is 15.5 Å². The Labute approximate surface area is 89.4 Å². The second kappa shape index (κ2) is 10.3. The van der Waals surface area contributed by atoms with Crippen molar-refractivity contribution in [2.75, 3.05) is 12.3 Å². The van der Waals surface area contributed by atoms with Crippen molar-refractivity contribution in [1.29, 1.82) is 0 Å². The summed E-state index contributed by atoms with van der Waals surface area (Å²) >= 11 is 0. The molecule has 0 aliphatic rings. The third kappa shape index (κ3) is 9.29. The van der Waals surface area contributed by atoms with Gasteiger partial charge in [-0.25, -0.2) is 0 Å². The Morgan fingerprint density at radius 2 is 1.86 bits per heavy atom. The van der Waals surface area contributed by atoms with Gasteiger partial charge in [-0.1, -0.05) is 31.5 Å². The number of nitrogen functional groups attached to an aromatic ring is 1. The highest BCUT2D eigenvalue weighted by atomic mass is 28.2. The molecule has 1 rings (SSSR count). The minimum Gasteiger partial charge on any atom is -0.424 e. The molecule has 0 aliphatic heterocycles. The van der Waals surface area contributed by atoms with E-state index in [0.717, 1.165) is 12.3 Å². The van der Waals surface area contributed by atoms with Gasteiger partial charge in [0.1, 0.15) is 0 Å². The van der Waals surface area contributed by atoms with Crippen LogP contribution >= 0.6 is 0 Å². The second-order valence-corrected chi connectivity index (χ2v) is 4.48. The molecule has 0 aliphatic carbocycles. The molecule has 80 valence electrons. The van der Waals surface area contributed by atoms with E-state index in [-0.39, 0.29) is 9.76 Å². The average molecular weight is 211 g/mol. The molecule has 2 nitrogen and oxygen atoms in total. The van der Waals surface area contributed by atoms with Crippen LogP contribution in [0.5, 0.6) is 0 Å². The van der Waals surface area contributed by atoms with E-state index in [0.29, 0.717) is 0 Å². The van der Waals surface area contributed by atoms with E-state index in [9.17, 15) is 0 Å². The summed E-state index contributed by atoms with van der Waals surface area (Å²) < 4.78 is 5.21. The van der Waals surface area contributed by atoms with Gasteiger partial charge < -0.3 is 10.2 Å². The summed E-state index contributed by atoms with van der Waals surface area (Å²) in [6.07, 6.45) is 1.30. The van der Waals surface area contributed by atoms with Gasteiger partial charge >= 0.3 is 0 Å². The zero-order chi connectivity index (χ0) is 10.6. The minimum absolute atomic E-state index is 0.0887. The molecule has 0 spiro atoms. The zero-order valence-electron chi connectivity index (χ0n) is 9.20. The molecule has 0 heterocycles. The summed E-state index contributed by atoms with van der Waals surface area (Å²) in [5.74, 6) is 0. The largest absolute Gasteiger partial charge is 0.424 e. The first-order chi connectivity index (χ1) is 6.81. The fourth-order valence-electron chi connectivity index (χ4n) is 0.844. The van der Waals surface area contributed by atoms with Crippen molar-refractivity contribution in [3.05, 3.63) is 30.3 Å². The van der Waals surface area contributed by atoms with E-state index < -0.39 is 0 Å². The van der Waals surface area contributed by atoms with Crippen LogP contribution in [0.1, 0.15) is 20.3 Å². The summed E-state index contributed by atoms with van der Waals surface area (Å²) in [7, 11) is -0.0887. The number of benzene rings is 1. The smallest absolute Gasteiger partial charge is 0.161 e. The van der Waals surface area contributed by atoms with Crippen LogP contribution in [0.15, 0.2) is 30.3 Å². The lowest BCUT2D eigenvalue weighted by Gasteiger charge is -1.93. The molecule has 1 aromatic rings. The van der Waals surface area contributed by atoms with Gasteiger partial charge in [0.05, 0.1) is 0 Å². The van der Waals surface area contributed by atoms with Crippen molar-refractivity contribution in [3.8, 4) is 0 Å². The van der Waals surface area contributed by atoms with Crippen LogP contribution in [-0.2, 0) is 4.43 Å². The molecule has 0 amide bonds. The van der Waals surface area contributed by atoms with Gasteiger partial charge in [-0.3, -0.25) is 0 Å². The SMILES string of the molecule is CCC[SiH2]OCC.Nc1ccccc1. The first-order valence-corrected chi connectivity index (χ1v) is 6.77. The lowest BCUT2D eigenvalue weighted by atomic mass is 10.3. The Hall–Kier alpha value is -0.803. The Bertz CT molecular complexity index is 200. The molecule has 2 N–H and O–H groups in total. The standard InChI is InChI=1S/C6H7N.C5H14OSi/c7-6-4-2-1-3-5-6;1-3-5-7-6-4-2/h1-5H,7H2;3-5,7H2,1-2H3. The number of hydrogen-bond acceptors (Lipinski definition) is 2. The second-order valence-electron chi connectivity index (χ2n) is 2.96. The summed E-state index contributed by atoms with van der Waals surface area (Å²) in [5, 5.41) is 0. The van der Waals surface area contributed by atoms with Crippen LogP contribution in [-0.4, -0.2) is 16.4 Å². The summed E-state index contributed by atoms with van der Waals surface area (Å²) in [4.78, 5) is 0. The average Bonchev–Trinajstić information content (AvgIpc) is 2.21. The van der Waals surface area contributed by atoms with E-state index in [1.165, 1.54) is 12.5 Å². The summed E-state index contributed by atoms with van der Waals surface area (Å²) in [6.45, 7) is 5.18. The summed E-state index contributed by atoms with van der Waals surface area (Å²) in [6, 6.07) is 10.8. The lowest BCUT2D eigenvalue weighted by Crippen LogP contribution is -1.95. The van der Waals surface area contributed by atoms with Gasteiger partial charge in [-0.15, -0.1) is 0 Å². The number of nitrogens with two attached hydrogens (primary N) is 1. The Morgan fingerprint density at radius 3 is 2.21 bits per heavy atom. The normalized spacial score (nSPS) is 9.86. The molecular formula is C11H21NOSi. The van der Waals surface area contributed by atoms with Crippen molar-refractivity contribution in [3.63, 3.8) is 0 Å². The third-order valence-electron chi connectivity index (χ3n) is 1.65. The fourth-order valence-corrected chi connectivity index (χ4v) is 1.63. The predicted molar refractivity (Wildman–Crippen MR) is 66.1 cm³/mol. The molecule has 0 aromatic heterocycles. The van der Waals surface area contributed by atoms with Crippen LogP contribution in [0, 0.1) is 0 Å². The van der Waals surface area contributed by atoms with E-state index in [1.54, 1.807) is 0 Å². The molecule has 0 radical (unpaired) electrons. The van der Waals surface area contributed by atoms with Crippen LogP contribution in [0.3, 0.4) is 0 Å². The summed E-state index contributed by atoms with van der Waals surface area (Å²) in [5.41, 5.74) is 6.18. The maximum absolute atomic E-state index is 5.36. The molecule has 0 saturated carbocycles. The third-order valence-corrected chi connectivity index (χ3v) is 3.34. The number of rotatable bonds is 4. The van der Waals surface area contributed by atoms with E-state index >= 15 is 0 Å². The van der Waals surface area contributed by atoms with Crippen LogP contribution in [0.25, 0.3) is 0 Å². The highest BCUT2D eigenvalue weighted by Crippen LogP contribution is 1.95. The molecule has 0 saturated heterocycles. The van der Waals surface area contributed by atoms with E-state index in [4.69, 9.17) is 10.2 Å². The maximum atomic E-state index is 5.36. The molecule has 0 bridgehead atoms. The first-order valence-electron chi connectivity index (χ1n) is 5.19. The molecule has 3 heteroatoms. The van der Waals surface area contributed by atoms with Crippen LogP contribution < -0.4 is 5.73 Å². The van der Waals surface area contributed by atoms with Gasteiger partial charge in [0.25, 0.3) is 0 Å². The first kappa shape index (κ1) is 13.2. The van der Waals surface area contributed by atoms with Crippen molar-refractivity contribution in [2.45, 2.75) is 26.3 Å². The van der Waals surface area contributed by atoms with Gasteiger partial charge in [-0.05, 0) is 25.1 Å². The zero-order valence-corrected chi connectivity index (χ0v) is 10.6. The molecule has 0 fully saturated rings. The fraction of sp³-hybridized carbons (Fsp3) is 0.455. The monoisotopic (exact) mass is 211 g/mol. The van der Waals surface area contributed by atoms with Gasteiger partial charge in [0, 0.05) is 12.3 Å². The Kier molecular flexibility index (Phi) is 9.69. The Balaban J connectivity index is 0.000000241. The van der Waals surface area contributed by atoms with E-state index in [2.05, 4.69) is 13.8 Å². The van der Waals surface area contributed by atoms with Gasteiger partial charge in [0.15, 0.2) is 9.76 Å². The van der Waals surface area contributed by atoms with Crippen molar-refractivity contribution in [2.24, 2.45) is 0 Å². The number of hydrogen-bond donors (Lipinski definition) is 1. The highest BCUT2D eigenvalue weighted by Gasteiger charge is 1.80. The van der Waals surface area contributed by atoms with Crippen LogP contribution in [0.2, 0.25) is 6.04 Å². The quantitative estimate of drug-likeness (QED) is 0.471. The predicted octanol–water partition coefficient (Wildman–Crippen LogP) is 2.20. The molecule has 0 atom stereocenters. The molecule has 1 aromatic carbocycles. The van der Waals surface area contributed by atoms with Crippen molar-refractivity contribution in [1.82, 2.24) is 0 Å². The number of para-hydroxylation sites is 1. The Morgan fingerprint density at radius 1 is 1.21 bits per heavy atom. The lowest BCUT2D eigenvalue weighted by molar-refractivity contribution is 0.359. The van der Waals surface area contributed by atoms with Gasteiger partial charge in [-0.2, -0.15) is 0 Å². The highest BCUT2D eigenvalue weighted by molar-refractivity contribution is 6.26. The molecular weight excluding hydrogens is 190 g/mol. The molecule has 14 heavy (non-hydrogen) atoms. The van der Waals surface area contributed by atoms with Crippen molar-refractivity contribution < 1.29 is 4.43 Å². The minimum atomic E-state index is -0.0887. The topological polar surface area (TPSA) is 35.2 Å². The maximum Gasteiger partial charge on any atom is 0.161 e. The van der Waals surface area contributed by atoms with Crippen LogP contribution in [0.4, 0.5) is 5.69 Å². The van der Waals surface area contributed by atoms with Gasteiger partial charge in [0.2, 0.25) is 0 Å². The van der Waals surface area contributed by atoms with E-state index in [1.807, 2.05) is 30.3 Å².